The summed E-state index contributed by atoms with van der Waals surface area (Å²) in [7, 11) is 0. The Bertz CT molecular complexity index is 796. The monoisotopic (exact) mass is 358 g/mol. The first kappa shape index (κ1) is 17.5. The molecule has 2 amide bonds. The maximum Gasteiger partial charge on any atom is 0.265 e. The van der Waals surface area contributed by atoms with Crippen LogP contribution >= 0.6 is 11.3 Å². The molecule has 0 fully saturated rings. The second kappa shape index (κ2) is 7.27. The Morgan fingerprint density at radius 3 is 2.64 bits per heavy atom. The first-order valence-corrected chi connectivity index (χ1v) is 9.32. The predicted octanol–water partition coefficient (Wildman–Crippen LogP) is 3.30. The molecule has 1 atom stereocenters. The number of hydrogen-bond donors (Lipinski definition) is 2. The predicted molar refractivity (Wildman–Crippen MR) is 99.4 cm³/mol. The van der Waals surface area contributed by atoms with Crippen molar-refractivity contribution in [2.45, 2.75) is 45.6 Å². The van der Waals surface area contributed by atoms with Crippen LogP contribution in [0.2, 0.25) is 0 Å². The summed E-state index contributed by atoms with van der Waals surface area (Å²) >= 11 is 1.45. The maximum absolute atomic E-state index is 12.5. The first-order valence-electron chi connectivity index (χ1n) is 8.50. The van der Waals surface area contributed by atoms with Gasteiger partial charge in [-0.2, -0.15) is 0 Å². The summed E-state index contributed by atoms with van der Waals surface area (Å²) < 4.78 is 5.70. The number of ether oxygens (including phenoxy) is 1. The molecule has 1 aromatic carbocycles. The SMILES string of the molecule is CCc1ccc(O[C@@H](C)C(=O)Nc2sc3c(c2C(N)=O)CCC3)cc1. The number of fused-ring (bicyclic) bond motifs is 1. The molecular formula is C19H22N2O3S. The smallest absolute Gasteiger partial charge is 0.265 e. The standard InChI is InChI=1S/C19H22N2O3S/c1-3-12-7-9-13(10-8-12)24-11(2)18(23)21-19-16(17(20)22)14-5-4-6-15(14)25-19/h7-11H,3-6H2,1-2H3,(H2,20,22)(H,21,23)/t11-/m0/s1. The average Bonchev–Trinajstić information content (AvgIpc) is 3.15. The van der Waals surface area contributed by atoms with E-state index in [4.69, 9.17) is 10.5 Å². The largest absolute Gasteiger partial charge is 0.481 e. The van der Waals surface area contributed by atoms with Crippen LogP contribution in [0.15, 0.2) is 24.3 Å². The Labute approximate surface area is 151 Å². The molecule has 0 bridgehead atoms. The average molecular weight is 358 g/mol. The topological polar surface area (TPSA) is 81.4 Å². The molecule has 5 nitrogen and oxygen atoms in total. The third-order valence-electron chi connectivity index (χ3n) is 4.42. The van der Waals surface area contributed by atoms with Crippen LogP contribution in [0.3, 0.4) is 0 Å². The van der Waals surface area contributed by atoms with Gasteiger partial charge in [-0.1, -0.05) is 19.1 Å². The van der Waals surface area contributed by atoms with Gasteiger partial charge in [-0.05, 0) is 55.9 Å². The second-order valence-corrected chi connectivity index (χ2v) is 7.28. The number of nitrogens with one attached hydrogen (secondary N) is 1. The van der Waals surface area contributed by atoms with Crippen molar-refractivity contribution in [3.05, 3.63) is 45.8 Å². The lowest BCUT2D eigenvalue weighted by atomic mass is 10.1. The lowest BCUT2D eigenvalue weighted by molar-refractivity contribution is -0.122. The summed E-state index contributed by atoms with van der Waals surface area (Å²) in [6.07, 6.45) is 3.09. The van der Waals surface area contributed by atoms with E-state index in [0.29, 0.717) is 16.3 Å². The van der Waals surface area contributed by atoms with Crippen LogP contribution in [-0.4, -0.2) is 17.9 Å². The van der Waals surface area contributed by atoms with E-state index in [2.05, 4.69) is 12.2 Å². The van der Waals surface area contributed by atoms with Crippen molar-refractivity contribution in [1.29, 1.82) is 0 Å². The number of anilines is 1. The molecule has 0 unspecified atom stereocenters. The third kappa shape index (κ3) is 3.69. The van der Waals surface area contributed by atoms with Crippen LogP contribution in [0.5, 0.6) is 5.75 Å². The van der Waals surface area contributed by atoms with Gasteiger partial charge < -0.3 is 15.8 Å². The van der Waals surface area contributed by atoms with Gasteiger partial charge in [0.2, 0.25) is 0 Å². The molecule has 0 aliphatic heterocycles. The van der Waals surface area contributed by atoms with Gasteiger partial charge in [0.15, 0.2) is 6.10 Å². The van der Waals surface area contributed by atoms with Gasteiger partial charge in [0.25, 0.3) is 11.8 Å². The molecule has 132 valence electrons. The molecule has 1 aromatic heterocycles. The zero-order valence-electron chi connectivity index (χ0n) is 14.4. The number of carbonyl (C=O) groups is 2. The Kier molecular flexibility index (Phi) is 5.08. The third-order valence-corrected chi connectivity index (χ3v) is 5.63. The maximum atomic E-state index is 12.5. The molecule has 1 heterocycles. The van der Waals surface area contributed by atoms with Crippen molar-refractivity contribution < 1.29 is 14.3 Å². The number of amides is 2. The minimum atomic E-state index is -0.676. The van der Waals surface area contributed by atoms with E-state index in [0.717, 1.165) is 36.1 Å². The van der Waals surface area contributed by atoms with E-state index in [1.54, 1.807) is 6.92 Å². The van der Waals surface area contributed by atoms with E-state index in [-0.39, 0.29) is 5.91 Å². The molecule has 1 aliphatic rings. The number of rotatable bonds is 6. The van der Waals surface area contributed by atoms with Crippen LogP contribution < -0.4 is 15.8 Å². The molecule has 2 aromatic rings. The van der Waals surface area contributed by atoms with Crippen molar-refractivity contribution in [3.8, 4) is 5.75 Å². The number of aryl methyl sites for hydroxylation is 2. The Hall–Kier alpha value is -2.34. The highest BCUT2D eigenvalue weighted by molar-refractivity contribution is 7.17. The molecule has 25 heavy (non-hydrogen) atoms. The number of hydrogen-bond acceptors (Lipinski definition) is 4. The summed E-state index contributed by atoms with van der Waals surface area (Å²) in [5.41, 5.74) is 8.19. The number of thiophene rings is 1. The summed E-state index contributed by atoms with van der Waals surface area (Å²) in [5.74, 6) is -0.135. The molecule has 0 saturated carbocycles. The zero-order chi connectivity index (χ0) is 18.0. The zero-order valence-corrected chi connectivity index (χ0v) is 15.2. The quantitative estimate of drug-likeness (QED) is 0.831. The molecule has 0 spiro atoms. The molecule has 3 rings (SSSR count). The lowest BCUT2D eigenvalue weighted by Crippen LogP contribution is -2.30. The van der Waals surface area contributed by atoms with Crippen LogP contribution in [0.1, 0.15) is 46.6 Å². The fraction of sp³-hybridized carbons (Fsp3) is 0.368. The molecule has 0 radical (unpaired) electrons. The van der Waals surface area contributed by atoms with E-state index >= 15 is 0 Å². The normalized spacial score (nSPS) is 14.0. The van der Waals surface area contributed by atoms with Gasteiger partial charge in [0.1, 0.15) is 10.8 Å². The first-order chi connectivity index (χ1) is 12.0. The van der Waals surface area contributed by atoms with Crippen LogP contribution in [0.25, 0.3) is 0 Å². The van der Waals surface area contributed by atoms with Gasteiger partial charge in [0, 0.05) is 4.88 Å². The van der Waals surface area contributed by atoms with E-state index in [9.17, 15) is 9.59 Å². The Morgan fingerprint density at radius 2 is 2.00 bits per heavy atom. The van der Waals surface area contributed by atoms with Crippen LogP contribution in [-0.2, 0) is 24.1 Å². The van der Waals surface area contributed by atoms with Crippen molar-refractivity contribution in [2.24, 2.45) is 5.73 Å². The molecule has 6 heteroatoms. The second-order valence-electron chi connectivity index (χ2n) is 6.17. The molecule has 3 N–H and O–H groups in total. The highest BCUT2D eigenvalue weighted by atomic mass is 32.1. The van der Waals surface area contributed by atoms with E-state index < -0.39 is 12.0 Å². The van der Waals surface area contributed by atoms with Crippen LogP contribution in [0.4, 0.5) is 5.00 Å². The summed E-state index contributed by atoms with van der Waals surface area (Å²) in [6.45, 7) is 3.77. The molecular weight excluding hydrogens is 336 g/mol. The molecule has 1 aliphatic carbocycles. The fourth-order valence-electron chi connectivity index (χ4n) is 3.03. The Morgan fingerprint density at radius 1 is 1.28 bits per heavy atom. The van der Waals surface area contributed by atoms with Gasteiger partial charge in [-0.3, -0.25) is 9.59 Å². The lowest BCUT2D eigenvalue weighted by Gasteiger charge is -2.15. The number of primary amides is 1. The van der Waals surface area contributed by atoms with Crippen LogP contribution in [0, 0.1) is 0 Å². The van der Waals surface area contributed by atoms with Crippen molar-refractivity contribution in [2.75, 3.05) is 5.32 Å². The highest BCUT2D eigenvalue weighted by Crippen LogP contribution is 2.38. The van der Waals surface area contributed by atoms with Gasteiger partial charge in [0.05, 0.1) is 5.56 Å². The minimum Gasteiger partial charge on any atom is -0.481 e. The number of carbonyl (C=O) groups excluding carboxylic acids is 2. The summed E-state index contributed by atoms with van der Waals surface area (Å²) in [4.78, 5) is 25.4. The highest BCUT2D eigenvalue weighted by Gasteiger charge is 2.27. The summed E-state index contributed by atoms with van der Waals surface area (Å²) in [6, 6.07) is 7.68. The Balaban J connectivity index is 1.70. The van der Waals surface area contributed by atoms with Gasteiger partial charge in [-0.15, -0.1) is 11.3 Å². The van der Waals surface area contributed by atoms with Crippen molar-refractivity contribution >= 4 is 28.2 Å². The van der Waals surface area contributed by atoms with Gasteiger partial charge in [-0.25, -0.2) is 0 Å². The van der Waals surface area contributed by atoms with Gasteiger partial charge >= 0.3 is 0 Å². The van der Waals surface area contributed by atoms with E-state index in [1.807, 2.05) is 24.3 Å². The minimum absolute atomic E-state index is 0.290. The number of benzene rings is 1. The number of nitrogens with two attached hydrogens (primary N) is 1. The van der Waals surface area contributed by atoms with E-state index in [1.165, 1.54) is 16.9 Å². The van der Waals surface area contributed by atoms with Crippen molar-refractivity contribution in [3.63, 3.8) is 0 Å². The summed E-state index contributed by atoms with van der Waals surface area (Å²) in [5, 5.41) is 3.36. The molecule has 0 saturated heterocycles. The fourth-order valence-corrected chi connectivity index (χ4v) is 4.33. The van der Waals surface area contributed by atoms with Crippen molar-refractivity contribution in [1.82, 2.24) is 0 Å².